The molecular weight excluding hydrogens is 316 g/mol. The van der Waals surface area contributed by atoms with Gasteiger partial charge in [0.05, 0.1) is 0 Å². The fourth-order valence-electron chi connectivity index (χ4n) is 3.15. The van der Waals surface area contributed by atoms with E-state index in [0.717, 1.165) is 10.8 Å². The molecule has 1 atom stereocenters. The van der Waals surface area contributed by atoms with E-state index < -0.39 is 8.56 Å². The van der Waals surface area contributed by atoms with Crippen molar-refractivity contribution in [3.63, 3.8) is 0 Å². The summed E-state index contributed by atoms with van der Waals surface area (Å²) in [6, 6.07) is 20.3. The molecule has 4 heteroatoms. The highest BCUT2D eigenvalue weighted by Gasteiger charge is 2.48. The SMILES string of the molecule is CCO[Si](OCC)(c1ccccc1)C(CC(C)=O)c1ccccc1. The summed E-state index contributed by atoms with van der Waals surface area (Å²) in [5.74, 6) is 0.149. The first-order chi connectivity index (χ1) is 11.6. The first kappa shape index (κ1) is 18.6. The van der Waals surface area contributed by atoms with Gasteiger partial charge in [-0.2, -0.15) is 0 Å². The van der Waals surface area contributed by atoms with Crippen LogP contribution in [0.4, 0.5) is 0 Å². The maximum Gasteiger partial charge on any atom is 0.380 e. The molecule has 0 aliphatic heterocycles. The van der Waals surface area contributed by atoms with Crippen molar-refractivity contribution in [2.24, 2.45) is 0 Å². The second-order valence-corrected chi connectivity index (χ2v) is 8.96. The minimum atomic E-state index is -2.83. The molecule has 0 fully saturated rings. The Morgan fingerprint density at radius 2 is 1.42 bits per heavy atom. The standard InChI is InChI=1S/C20H26O3Si/c1-4-22-24(23-5-2,19-14-10-7-11-15-19)20(16-17(3)21)18-12-8-6-9-13-18/h6-15,20H,4-5,16H2,1-3H3. The summed E-state index contributed by atoms with van der Waals surface area (Å²) in [6.07, 6.45) is 0.422. The van der Waals surface area contributed by atoms with Crippen molar-refractivity contribution < 1.29 is 13.6 Å². The molecule has 0 N–H and O–H groups in total. The molecule has 0 amide bonds. The number of Topliss-reactive ketones (excluding diaryl/α,β-unsaturated/α-hetero) is 1. The minimum absolute atomic E-state index is 0.0708. The summed E-state index contributed by atoms with van der Waals surface area (Å²) in [4.78, 5) is 12.0. The van der Waals surface area contributed by atoms with Gasteiger partial charge in [0.2, 0.25) is 0 Å². The van der Waals surface area contributed by atoms with E-state index in [2.05, 4.69) is 24.3 Å². The van der Waals surface area contributed by atoms with Crippen LogP contribution in [0.25, 0.3) is 0 Å². The summed E-state index contributed by atoms with van der Waals surface area (Å²) < 4.78 is 12.7. The lowest BCUT2D eigenvalue weighted by Crippen LogP contribution is -2.59. The molecule has 0 radical (unpaired) electrons. The van der Waals surface area contributed by atoms with Crippen LogP contribution in [0.5, 0.6) is 0 Å². The maximum absolute atomic E-state index is 12.0. The van der Waals surface area contributed by atoms with Crippen LogP contribution in [-0.2, 0) is 13.6 Å². The first-order valence-electron chi connectivity index (χ1n) is 8.51. The van der Waals surface area contributed by atoms with Crippen molar-refractivity contribution in [3.05, 3.63) is 66.2 Å². The maximum atomic E-state index is 12.0. The van der Waals surface area contributed by atoms with Gasteiger partial charge in [-0.3, -0.25) is 0 Å². The largest absolute Gasteiger partial charge is 0.391 e. The minimum Gasteiger partial charge on any atom is -0.391 e. The molecule has 3 nitrogen and oxygen atoms in total. The number of hydrogen-bond acceptors (Lipinski definition) is 3. The molecule has 24 heavy (non-hydrogen) atoms. The number of benzene rings is 2. The zero-order valence-corrected chi connectivity index (χ0v) is 15.7. The highest BCUT2D eigenvalue weighted by Crippen LogP contribution is 2.32. The van der Waals surface area contributed by atoms with E-state index in [-0.39, 0.29) is 11.3 Å². The molecule has 1 unspecified atom stereocenters. The van der Waals surface area contributed by atoms with Crippen LogP contribution < -0.4 is 5.19 Å². The first-order valence-corrected chi connectivity index (χ1v) is 10.4. The zero-order chi connectivity index (χ0) is 17.4. The summed E-state index contributed by atoms with van der Waals surface area (Å²) in [7, 11) is -2.83. The molecular formula is C20H26O3Si. The number of carbonyl (C=O) groups is 1. The topological polar surface area (TPSA) is 35.5 Å². The Bertz CT molecular complexity index is 622. The van der Waals surface area contributed by atoms with Crippen molar-refractivity contribution in [3.8, 4) is 0 Å². The smallest absolute Gasteiger partial charge is 0.380 e. The number of ketones is 1. The third-order valence-electron chi connectivity index (χ3n) is 4.05. The molecule has 0 aromatic heterocycles. The molecule has 0 saturated carbocycles. The molecule has 0 aliphatic carbocycles. The quantitative estimate of drug-likeness (QED) is 0.652. The van der Waals surface area contributed by atoms with Gasteiger partial charge in [0.25, 0.3) is 0 Å². The monoisotopic (exact) mass is 342 g/mol. The zero-order valence-electron chi connectivity index (χ0n) is 14.7. The molecule has 0 spiro atoms. The van der Waals surface area contributed by atoms with E-state index in [1.807, 2.05) is 50.2 Å². The Labute approximate surface area is 145 Å². The second-order valence-electron chi connectivity index (χ2n) is 5.77. The van der Waals surface area contributed by atoms with Gasteiger partial charge < -0.3 is 13.6 Å². The predicted octanol–water partition coefficient (Wildman–Crippen LogP) is 3.71. The van der Waals surface area contributed by atoms with E-state index in [4.69, 9.17) is 8.85 Å². The molecule has 0 bridgehead atoms. The van der Waals surface area contributed by atoms with Gasteiger partial charge in [-0.1, -0.05) is 60.7 Å². The van der Waals surface area contributed by atoms with Crippen molar-refractivity contribution in [2.75, 3.05) is 13.2 Å². The fourth-order valence-corrected chi connectivity index (χ4v) is 7.08. The number of carbonyl (C=O) groups excluding carboxylic acids is 1. The average molecular weight is 343 g/mol. The Hall–Kier alpha value is -1.75. The summed E-state index contributed by atoms with van der Waals surface area (Å²) >= 11 is 0. The van der Waals surface area contributed by atoms with Crippen LogP contribution in [-0.4, -0.2) is 27.6 Å². The lowest BCUT2D eigenvalue weighted by atomic mass is 10.1. The molecule has 2 rings (SSSR count). The molecule has 128 valence electrons. The number of rotatable bonds is 9. The average Bonchev–Trinajstić information content (AvgIpc) is 2.61. The van der Waals surface area contributed by atoms with Crippen LogP contribution >= 0.6 is 0 Å². The van der Waals surface area contributed by atoms with Crippen LogP contribution in [0, 0.1) is 0 Å². The van der Waals surface area contributed by atoms with Gasteiger partial charge in [0.1, 0.15) is 5.78 Å². The Morgan fingerprint density at radius 1 is 0.917 bits per heavy atom. The Balaban J connectivity index is 2.61. The van der Waals surface area contributed by atoms with E-state index in [1.165, 1.54) is 0 Å². The van der Waals surface area contributed by atoms with E-state index in [1.54, 1.807) is 6.92 Å². The van der Waals surface area contributed by atoms with Gasteiger partial charge in [-0.05, 0) is 31.5 Å². The molecule has 0 aliphatic rings. The Kier molecular flexibility index (Phi) is 6.91. The van der Waals surface area contributed by atoms with Crippen LogP contribution in [0.2, 0.25) is 0 Å². The lowest BCUT2D eigenvalue weighted by Gasteiger charge is -2.37. The Morgan fingerprint density at radius 3 is 1.88 bits per heavy atom. The van der Waals surface area contributed by atoms with E-state index in [0.29, 0.717) is 19.6 Å². The number of hydrogen-bond donors (Lipinski definition) is 0. The molecule has 2 aromatic carbocycles. The van der Waals surface area contributed by atoms with E-state index >= 15 is 0 Å². The van der Waals surface area contributed by atoms with Crippen molar-refractivity contribution in [1.82, 2.24) is 0 Å². The van der Waals surface area contributed by atoms with E-state index in [9.17, 15) is 4.79 Å². The van der Waals surface area contributed by atoms with Gasteiger partial charge in [0.15, 0.2) is 0 Å². The third-order valence-corrected chi connectivity index (χ3v) is 8.07. The fraction of sp³-hybridized carbons (Fsp3) is 0.350. The highest BCUT2D eigenvalue weighted by atomic mass is 28.4. The van der Waals surface area contributed by atoms with Crippen molar-refractivity contribution >= 4 is 19.5 Å². The van der Waals surface area contributed by atoms with Crippen LogP contribution in [0.1, 0.15) is 38.3 Å². The van der Waals surface area contributed by atoms with Crippen molar-refractivity contribution in [2.45, 2.75) is 32.7 Å². The predicted molar refractivity (Wildman–Crippen MR) is 99.6 cm³/mol. The highest BCUT2D eigenvalue weighted by molar-refractivity contribution is 6.82. The normalized spacial score (nSPS) is 12.8. The third kappa shape index (κ3) is 4.20. The van der Waals surface area contributed by atoms with Gasteiger partial charge >= 0.3 is 8.56 Å². The molecule has 0 saturated heterocycles. The molecule has 0 heterocycles. The van der Waals surface area contributed by atoms with Crippen molar-refractivity contribution in [1.29, 1.82) is 0 Å². The van der Waals surface area contributed by atoms with Crippen LogP contribution in [0.3, 0.4) is 0 Å². The second kappa shape index (κ2) is 8.92. The lowest BCUT2D eigenvalue weighted by molar-refractivity contribution is -0.117. The summed E-state index contributed by atoms with van der Waals surface area (Å²) in [6.45, 7) is 6.72. The van der Waals surface area contributed by atoms with Crippen LogP contribution in [0.15, 0.2) is 60.7 Å². The summed E-state index contributed by atoms with van der Waals surface area (Å²) in [5.41, 5.74) is 1.03. The van der Waals surface area contributed by atoms with Gasteiger partial charge in [0, 0.05) is 25.2 Å². The van der Waals surface area contributed by atoms with Gasteiger partial charge in [-0.25, -0.2) is 0 Å². The van der Waals surface area contributed by atoms with Gasteiger partial charge in [-0.15, -0.1) is 0 Å². The summed E-state index contributed by atoms with van der Waals surface area (Å²) in [5, 5.41) is 1.07. The molecule has 2 aromatic rings.